The SMILES string of the molecule is CCn1cc(-c2cc(-c3cn(C(C)C)nn3)cc(-c3cn(C(C)C)nn3)c2)nn1. The molecule has 0 bridgehead atoms. The minimum absolute atomic E-state index is 0.245. The Bertz CT molecular complexity index is 1050. The normalized spacial score (nSPS) is 11.7. The summed E-state index contributed by atoms with van der Waals surface area (Å²) in [5, 5.41) is 25.7. The van der Waals surface area contributed by atoms with E-state index in [9.17, 15) is 0 Å². The second kappa shape index (κ2) is 7.57. The average Bonchev–Trinajstić information content (AvgIpc) is 3.48. The summed E-state index contributed by atoms with van der Waals surface area (Å²) in [7, 11) is 0. The number of hydrogen-bond donors (Lipinski definition) is 0. The van der Waals surface area contributed by atoms with E-state index in [-0.39, 0.29) is 12.1 Å². The molecule has 3 aromatic heterocycles. The lowest BCUT2D eigenvalue weighted by atomic mass is 10.0. The first kappa shape index (κ1) is 19.0. The molecule has 0 aliphatic carbocycles. The Morgan fingerprint density at radius 3 is 1.41 bits per heavy atom. The summed E-state index contributed by atoms with van der Waals surface area (Å²) in [6.07, 6.45) is 5.86. The van der Waals surface area contributed by atoms with Gasteiger partial charge in [0.05, 0.1) is 18.6 Å². The number of benzene rings is 1. The molecule has 150 valence electrons. The van der Waals surface area contributed by atoms with Crippen molar-refractivity contribution in [2.75, 3.05) is 0 Å². The van der Waals surface area contributed by atoms with Crippen LogP contribution in [-0.4, -0.2) is 45.0 Å². The summed E-state index contributed by atoms with van der Waals surface area (Å²) in [4.78, 5) is 0. The van der Waals surface area contributed by atoms with E-state index in [0.717, 1.165) is 40.3 Å². The van der Waals surface area contributed by atoms with Crippen LogP contribution < -0.4 is 0 Å². The average molecular weight is 391 g/mol. The topological polar surface area (TPSA) is 92.1 Å². The lowest BCUT2D eigenvalue weighted by Gasteiger charge is -2.06. The van der Waals surface area contributed by atoms with Crippen molar-refractivity contribution < 1.29 is 0 Å². The maximum absolute atomic E-state index is 4.36. The predicted molar refractivity (Wildman–Crippen MR) is 110 cm³/mol. The van der Waals surface area contributed by atoms with Crippen LogP contribution in [0.5, 0.6) is 0 Å². The molecular formula is C20H25N9. The minimum atomic E-state index is 0.245. The van der Waals surface area contributed by atoms with Crippen molar-refractivity contribution in [1.82, 2.24) is 45.0 Å². The molecular weight excluding hydrogens is 366 g/mol. The molecule has 0 aliphatic rings. The van der Waals surface area contributed by atoms with Gasteiger partial charge in [0.1, 0.15) is 17.1 Å². The van der Waals surface area contributed by atoms with Crippen molar-refractivity contribution in [1.29, 1.82) is 0 Å². The highest BCUT2D eigenvalue weighted by Crippen LogP contribution is 2.31. The van der Waals surface area contributed by atoms with E-state index in [1.54, 1.807) is 0 Å². The standard InChI is InChI=1S/C20H25N9/c1-6-27-10-18(21-24-27)15-7-16(19-11-28(13(2)3)25-22-19)9-17(8-15)20-12-29(14(4)5)26-23-20/h7-14H,6H2,1-5H3. The van der Waals surface area contributed by atoms with Crippen molar-refractivity contribution in [2.45, 2.75) is 53.2 Å². The van der Waals surface area contributed by atoms with Gasteiger partial charge in [-0.1, -0.05) is 15.6 Å². The van der Waals surface area contributed by atoms with Crippen LogP contribution in [0.1, 0.15) is 46.7 Å². The Labute approximate surface area is 169 Å². The molecule has 0 radical (unpaired) electrons. The molecule has 0 saturated heterocycles. The molecule has 3 heterocycles. The molecule has 0 unspecified atom stereocenters. The third-order valence-electron chi connectivity index (χ3n) is 4.76. The van der Waals surface area contributed by atoms with Crippen LogP contribution in [0.4, 0.5) is 0 Å². The van der Waals surface area contributed by atoms with Crippen LogP contribution in [0, 0.1) is 0 Å². The van der Waals surface area contributed by atoms with E-state index < -0.39 is 0 Å². The van der Waals surface area contributed by atoms with Gasteiger partial charge in [0.15, 0.2) is 0 Å². The van der Waals surface area contributed by atoms with Gasteiger partial charge in [-0.2, -0.15) is 0 Å². The van der Waals surface area contributed by atoms with Crippen LogP contribution in [0.15, 0.2) is 36.8 Å². The van der Waals surface area contributed by atoms with Gasteiger partial charge in [-0.05, 0) is 52.8 Å². The Balaban J connectivity index is 1.84. The summed E-state index contributed by atoms with van der Waals surface area (Å²) in [5.41, 5.74) is 5.28. The molecule has 0 fully saturated rings. The third-order valence-corrected chi connectivity index (χ3v) is 4.76. The summed E-state index contributed by atoms with van der Waals surface area (Å²) in [6, 6.07) is 6.69. The Morgan fingerprint density at radius 1 is 0.655 bits per heavy atom. The first-order chi connectivity index (χ1) is 13.9. The van der Waals surface area contributed by atoms with Crippen LogP contribution in [0.2, 0.25) is 0 Å². The monoisotopic (exact) mass is 391 g/mol. The number of rotatable bonds is 6. The van der Waals surface area contributed by atoms with Crippen LogP contribution >= 0.6 is 0 Å². The van der Waals surface area contributed by atoms with Gasteiger partial charge in [-0.3, -0.25) is 4.68 Å². The number of hydrogen-bond acceptors (Lipinski definition) is 6. The van der Waals surface area contributed by atoms with Crippen molar-refractivity contribution in [2.24, 2.45) is 0 Å². The van der Waals surface area contributed by atoms with Gasteiger partial charge in [0.2, 0.25) is 0 Å². The molecule has 9 nitrogen and oxygen atoms in total. The van der Waals surface area contributed by atoms with E-state index in [2.05, 4.69) is 76.8 Å². The number of aryl methyl sites for hydroxylation is 1. The van der Waals surface area contributed by atoms with Crippen LogP contribution in [0.3, 0.4) is 0 Å². The summed E-state index contributed by atoms with van der Waals surface area (Å²) < 4.78 is 5.51. The highest BCUT2D eigenvalue weighted by Gasteiger charge is 2.14. The number of aromatic nitrogens is 9. The van der Waals surface area contributed by atoms with Gasteiger partial charge in [-0.15, -0.1) is 15.3 Å². The highest BCUT2D eigenvalue weighted by atomic mass is 15.4. The fourth-order valence-electron chi connectivity index (χ4n) is 2.98. The van der Waals surface area contributed by atoms with Crippen LogP contribution in [-0.2, 0) is 6.54 Å². The fraction of sp³-hybridized carbons (Fsp3) is 0.400. The molecule has 0 N–H and O–H groups in total. The van der Waals surface area contributed by atoms with E-state index in [1.165, 1.54) is 0 Å². The van der Waals surface area contributed by atoms with E-state index in [0.29, 0.717) is 0 Å². The van der Waals surface area contributed by atoms with Crippen molar-refractivity contribution in [3.63, 3.8) is 0 Å². The molecule has 0 spiro atoms. The third kappa shape index (κ3) is 3.80. The van der Waals surface area contributed by atoms with Crippen molar-refractivity contribution in [3.8, 4) is 33.8 Å². The second-order valence-corrected chi connectivity index (χ2v) is 7.61. The predicted octanol–water partition coefficient (Wildman–Crippen LogP) is 3.64. The number of nitrogens with zero attached hydrogens (tertiary/aromatic N) is 9. The van der Waals surface area contributed by atoms with E-state index in [1.807, 2.05) is 39.6 Å². The summed E-state index contributed by atoms with van der Waals surface area (Å²) in [5.74, 6) is 0. The summed E-state index contributed by atoms with van der Waals surface area (Å²) in [6.45, 7) is 11.1. The zero-order valence-electron chi connectivity index (χ0n) is 17.4. The van der Waals surface area contributed by atoms with Gasteiger partial charge in [0.25, 0.3) is 0 Å². The smallest absolute Gasteiger partial charge is 0.113 e. The molecule has 0 amide bonds. The fourth-order valence-corrected chi connectivity index (χ4v) is 2.98. The van der Waals surface area contributed by atoms with Gasteiger partial charge in [-0.25, -0.2) is 9.36 Å². The molecule has 0 saturated carbocycles. The Morgan fingerprint density at radius 2 is 1.07 bits per heavy atom. The van der Waals surface area contributed by atoms with Crippen molar-refractivity contribution in [3.05, 3.63) is 36.8 Å². The molecule has 29 heavy (non-hydrogen) atoms. The van der Waals surface area contributed by atoms with Gasteiger partial charge < -0.3 is 0 Å². The van der Waals surface area contributed by atoms with E-state index >= 15 is 0 Å². The second-order valence-electron chi connectivity index (χ2n) is 7.61. The molecule has 0 aliphatic heterocycles. The molecule has 4 aromatic rings. The molecule has 4 rings (SSSR count). The van der Waals surface area contributed by atoms with Crippen LogP contribution in [0.25, 0.3) is 33.8 Å². The molecule has 1 aromatic carbocycles. The van der Waals surface area contributed by atoms with Crippen molar-refractivity contribution >= 4 is 0 Å². The quantitative estimate of drug-likeness (QED) is 0.498. The first-order valence-electron chi connectivity index (χ1n) is 9.84. The first-order valence-corrected chi connectivity index (χ1v) is 9.84. The lowest BCUT2D eigenvalue weighted by Crippen LogP contribution is -2.00. The largest absolute Gasteiger partial charge is 0.252 e. The minimum Gasteiger partial charge on any atom is -0.252 e. The lowest BCUT2D eigenvalue weighted by molar-refractivity contribution is 0.514. The maximum atomic E-state index is 4.36. The van der Waals surface area contributed by atoms with E-state index in [4.69, 9.17) is 0 Å². The molecule has 0 atom stereocenters. The zero-order valence-corrected chi connectivity index (χ0v) is 17.4. The Hall–Kier alpha value is -3.36. The zero-order chi connectivity index (χ0) is 20.5. The summed E-state index contributed by atoms with van der Waals surface area (Å²) >= 11 is 0. The highest BCUT2D eigenvalue weighted by molar-refractivity contribution is 5.77. The maximum Gasteiger partial charge on any atom is 0.113 e. The van der Waals surface area contributed by atoms with Gasteiger partial charge in [0, 0.05) is 35.3 Å². The Kier molecular flexibility index (Phi) is 4.96. The molecule has 9 heteroatoms. The van der Waals surface area contributed by atoms with Gasteiger partial charge >= 0.3 is 0 Å².